The number of hydrogen-bond acceptors (Lipinski definition) is 7. The monoisotopic (exact) mass is 400 g/mol. The molecule has 5 rings (SSSR count). The summed E-state index contributed by atoms with van der Waals surface area (Å²) in [6, 6.07) is 16.9. The summed E-state index contributed by atoms with van der Waals surface area (Å²) in [7, 11) is 0. The molecule has 152 valence electrons. The maximum absolute atomic E-state index is 5.74. The molecule has 0 radical (unpaired) electrons. The molecule has 2 aromatic carbocycles. The van der Waals surface area contributed by atoms with Gasteiger partial charge in [0, 0.05) is 49.1 Å². The van der Waals surface area contributed by atoms with E-state index in [1.807, 2.05) is 25.1 Å². The second-order valence-electron chi connectivity index (χ2n) is 7.58. The molecule has 30 heavy (non-hydrogen) atoms. The second-order valence-corrected chi connectivity index (χ2v) is 7.58. The van der Waals surface area contributed by atoms with Crippen molar-refractivity contribution in [2.45, 2.75) is 20.3 Å². The van der Waals surface area contributed by atoms with Crippen molar-refractivity contribution in [3.63, 3.8) is 0 Å². The largest absolute Gasteiger partial charge is 0.419 e. The Hall–Kier alpha value is -3.48. The first-order valence-electron chi connectivity index (χ1n) is 10.4. The molecule has 0 N–H and O–H groups in total. The maximum atomic E-state index is 5.74. The van der Waals surface area contributed by atoms with Gasteiger partial charge in [-0.05, 0) is 19.1 Å². The fourth-order valence-electron chi connectivity index (χ4n) is 3.91. The van der Waals surface area contributed by atoms with E-state index in [0.717, 1.165) is 42.8 Å². The zero-order valence-corrected chi connectivity index (χ0v) is 17.2. The van der Waals surface area contributed by atoms with Crippen molar-refractivity contribution in [1.82, 2.24) is 20.4 Å². The van der Waals surface area contributed by atoms with Gasteiger partial charge < -0.3 is 14.2 Å². The van der Waals surface area contributed by atoms with Gasteiger partial charge >= 0.3 is 0 Å². The third kappa shape index (κ3) is 3.36. The Morgan fingerprint density at radius 2 is 1.50 bits per heavy atom. The summed E-state index contributed by atoms with van der Waals surface area (Å²) in [5.41, 5.74) is 3.20. The highest BCUT2D eigenvalue weighted by atomic mass is 16.4. The molecule has 0 aliphatic carbocycles. The highest BCUT2D eigenvalue weighted by Gasteiger charge is 2.23. The van der Waals surface area contributed by atoms with E-state index in [0.29, 0.717) is 23.9 Å². The summed E-state index contributed by atoms with van der Waals surface area (Å²) >= 11 is 0. The summed E-state index contributed by atoms with van der Waals surface area (Å²) in [4.78, 5) is 4.74. The van der Waals surface area contributed by atoms with Crippen molar-refractivity contribution >= 4 is 22.3 Å². The molecule has 7 nitrogen and oxygen atoms in total. The number of rotatable bonds is 4. The summed E-state index contributed by atoms with van der Waals surface area (Å²) in [6.07, 6.45) is 0.696. The lowest BCUT2D eigenvalue weighted by Gasteiger charge is -2.37. The van der Waals surface area contributed by atoms with Crippen molar-refractivity contribution in [3.8, 4) is 11.6 Å². The molecule has 0 spiro atoms. The van der Waals surface area contributed by atoms with Crippen LogP contribution in [0.4, 0.5) is 11.5 Å². The number of hydrogen-bond donors (Lipinski definition) is 0. The van der Waals surface area contributed by atoms with Crippen LogP contribution in [0.2, 0.25) is 0 Å². The Morgan fingerprint density at radius 3 is 2.20 bits per heavy atom. The van der Waals surface area contributed by atoms with E-state index in [4.69, 9.17) is 4.42 Å². The van der Waals surface area contributed by atoms with Gasteiger partial charge in [-0.1, -0.05) is 48.9 Å². The van der Waals surface area contributed by atoms with E-state index >= 15 is 0 Å². The molecule has 0 atom stereocenters. The SMILES string of the molecule is CCc1nnc(-c2nnc(N3CCN(c4ccc(C)cc4)CC3)c3ccccc23)o1. The van der Waals surface area contributed by atoms with Gasteiger partial charge in [-0.2, -0.15) is 0 Å². The number of nitrogens with zero attached hydrogens (tertiary/aromatic N) is 6. The van der Waals surface area contributed by atoms with Gasteiger partial charge in [-0.25, -0.2) is 0 Å². The van der Waals surface area contributed by atoms with Crippen LogP contribution in [-0.2, 0) is 6.42 Å². The normalized spacial score (nSPS) is 14.5. The summed E-state index contributed by atoms with van der Waals surface area (Å²) in [5, 5.41) is 19.3. The number of aryl methyl sites for hydroxylation is 2. The molecule has 3 heterocycles. The first-order valence-corrected chi connectivity index (χ1v) is 10.4. The predicted molar refractivity (Wildman–Crippen MR) is 118 cm³/mol. The lowest BCUT2D eigenvalue weighted by Crippen LogP contribution is -2.47. The van der Waals surface area contributed by atoms with Crippen LogP contribution >= 0.6 is 0 Å². The topological polar surface area (TPSA) is 71.2 Å². The molecular weight excluding hydrogens is 376 g/mol. The van der Waals surface area contributed by atoms with Gasteiger partial charge in [0.25, 0.3) is 5.89 Å². The van der Waals surface area contributed by atoms with Crippen molar-refractivity contribution in [2.24, 2.45) is 0 Å². The summed E-state index contributed by atoms with van der Waals surface area (Å²) < 4.78 is 5.74. The van der Waals surface area contributed by atoms with Gasteiger partial charge in [0.2, 0.25) is 5.89 Å². The molecule has 0 bridgehead atoms. The Bertz CT molecular complexity index is 1160. The standard InChI is InChI=1S/C23H24N6O/c1-3-20-24-27-23(30-20)21-18-6-4-5-7-19(18)22(26-25-21)29-14-12-28(13-15-29)17-10-8-16(2)9-11-17/h4-11H,3,12-15H2,1-2H3. The zero-order valence-electron chi connectivity index (χ0n) is 17.2. The van der Waals surface area contributed by atoms with Crippen LogP contribution in [-0.4, -0.2) is 46.6 Å². The number of anilines is 2. The van der Waals surface area contributed by atoms with E-state index in [-0.39, 0.29) is 0 Å². The van der Waals surface area contributed by atoms with E-state index in [1.54, 1.807) is 0 Å². The highest BCUT2D eigenvalue weighted by molar-refractivity contribution is 5.99. The van der Waals surface area contributed by atoms with Crippen LogP contribution in [0.5, 0.6) is 0 Å². The van der Waals surface area contributed by atoms with Crippen LogP contribution in [0.15, 0.2) is 52.9 Å². The first kappa shape index (κ1) is 18.5. The molecular formula is C23H24N6O. The average molecular weight is 400 g/mol. The van der Waals surface area contributed by atoms with Gasteiger partial charge in [0.05, 0.1) is 0 Å². The molecule has 1 saturated heterocycles. The molecule has 7 heteroatoms. The summed E-state index contributed by atoms with van der Waals surface area (Å²) in [6.45, 7) is 7.79. The fourth-order valence-corrected chi connectivity index (χ4v) is 3.91. The molecule has 0 saturated carbocycles. The van der Waals surface area contributed by atoms with Crippen LogP contribution < -0.4 is 9.80 Å². The van der Waals surface area contributed by atoms with Crippen LogP contribution in [0.3, 0.4) is 0 Å². The van der Waals surface area contributed by atoms with Crippen molar-refractivity contribution < 1.29 is 4.42 Å². The number of benzene rings is 2. The third-order valence-electron chi connectivity index (χ3n) is 5.62. The Morgan fingerprint density at radius 1 is 0.800 bits per heavy atom. The lowest BCUT2D eigenvalue weighted by atomic mass is 10.1. The average Bonchev–Trinajstić information content (AvgIpc) is 3.28. The minimum absolute atomic E-state index is 0.422. The summed E-state index contributed by atoms with van der Waals surface area (Å²) in [5.74, 6) is 1.94. The van der Waals surface area contributed by atoms with E-state index < -0.39 is 0 Å². The Balaban J connectivity index is 1.43. The molecule has 0 unspecified atom stereocenters. The van der Waals surface area contributed by atoms with Crippen LogP contribution in [0.25, 0.3) is 22.4 Å². The maximum Gasteiger partial charge on any atom is 0.268 e. The fraction of sp³-hybridized carbons (Fsp3) is 0.304. The second kappa shape index (κ2) is 7.74. The number of piperazine rings is 1. The van der Waals surface area contributed by atoms with Gasteiger partial charge in [0.15, 0.2) is 11.5 Å². The quantitative estimate of drug-likeness (QED) is 0.515. The molecule has 0 amide bonds. The van der Waals surface area contributed by atoms with Gasteiger partial charge in [-0.3, -0.25) is 0 Å². The van der Waals surface area contributed by atoms with Gasteiger partial charge in [-0.15, -0.1) is 20.4 Å². The molecule has 4 aromatic rings. The minimum Gasteiger partial charge on any atom is -0.419 e. The van der Waals surface area contributed by atoms with Crippen LogP contribution in [0, 0.1) is 6.92 Å². The lowest BCUT2D eigenvalue weighted by molar-refractivity contribution is 0.511. The number of aromatic nitrogens is 4. The minimum atomic E-state index is 0.422. The first-order chi connectivity index (χ1) is 14.7. The van der Waals surface area contributed by atoms with Crippen molar-refractivity contribution in [2.75, 3.05) is 36.0 Å². The van der Waals surface area contributed by atoms with E-state index in [1.165, 1.54) is 11.3 Å². The van der Waals surface area contributed by atoms with E-state index in [9.17, 15) is 0 Å². The van der Waals surface area contributed by atoms with Gasteiger partial charge in [0.1, 0.15) is 0 Å². The molecule has 1 fully saturated rings. The zero-order chi connectivity index (χ0) is 20.5. The Kier molecular flexibility index (Phi) is 4.78. The highest BCUT2D eigenvalue weighted by Crippen LogP contribution is 2.31. The molecule has 1 aliphatic heterocycles. The van der Waals surface area contributed by atoms with Crippen molar-refractivity contribution in [3.05, 3.63) is 60.0 Å². The van der Waals surface area contributed by atoms with Crippen molar-refractivity contribution in [1.29, 1.82) is 0 Å². The Labute approximate surface area is 175 Å². The van der Waals surface area contributed by atoms with Crippen LogP contribution in [0.1, 0.15) is 18.4 Å². The smallest absolute Gasteiger partial charge is 0.268 e. The molecule has 2 aromatic heterocycles. The molecule has 1 aliphatic rings. The third-order valence-corrected chi connectivity index (χ3v) is 5.62. The number of fused-ring (bicyclic) bond motifs is 1. The van der Waals surface area contributed by atoms with E-state index in [2.05, 4.69) is 67.5 Å². The predicted octanol–water partition coefficient (Wildman–Crippen LogP) is 3.88.